The zero-order valence-electron chi connectivity index (χ0n) is 21.5. The molecule has 1 aliphatic carbocycles. The number of thioether (sulfide) groups is 1. The molecule has 0 bridgehead atoms. The highest BCUT2D eigenvalue weighted by atomic mass is 32.2. The van der Waals surface area contributed by atoms with Gasteiger partial charge in [0.05, 0.1) is 16.9 Å². The van der Waals surface area contributed by atoms with Crippen molar-refractivity contribution in [2.75, 3.05) is 5.73 Å². The maximum atomic E-state index is 6.14. The minimum atomic E-state index is 0.370. The summed E-state index contributed by atoms with van der Waals surface area (Å²) >= 11 is 2.01. The monoisotopic (exact) mass is 532 g/mol. The topological polar surface area (TPSA) is 44.1 Å². The number of allylic oxidation sites excluding steroid dienone is 1. The number of nitrogens with two attached hydrogens (primary N) is 1. The summed E-state index contributed by atoms with van der Waals surface area (Å²) in [5.74, 6) is 0.396. The molecule has 2 atom stereocenters. The summed E-state index contributed by atoms with van der Waals surface area (Å²) in [5.41, 5.74) is 17.5. The lowest BCUT2D eigenvalue weighted by Gasteiger charge is -2.23. The molecule has 40 heavy (non-hydrogen) atoms. The number of aromatic nitrogens is 1. The minimum Gasteiger partial charge on any atom is -0.456 e. The molecule has 0 amide bonds. The fourth-order valence-corrected chi connectivity index (χ4v) is 8.28. The third-order valence-corrected chi connectivity index (χ3v) is 9.91. The number of para-hydroxylation sites is 2. The zero-order valence-corrected chi connectivity index (χ0v) is 22.4. The van der Waals surface area contributed by atoms with Crippen LogP contribution in [0.1, 0.15) is 28.0 Å². The fourth-order valence-electron chi connectivity index (χ4n) is 6.76. The van der Waals surface area contributed by atoms with E-state index in [9.17, 15) is 0 Å². The van der Waals surface area contributed by atoms with Gasteiger partial charge in [0.15, 0.2) is 0 Å². The average Bonchev–Trinajstić information content (AvgIpc) is 3.66. The van der Waals surface area contributed by atoms with Crippen LogP contribution in [0.5, 0.6) is 0 Å². The summed E-state index contributed by atoms with van der Waals surface area (Å²) in [6.07, 6.45) is 4.77. The second kappa shape index (κ2) is 8.17. The smallest absolute Gasteiger partial charge is 0.135 e. The van der Waals surface area contributed by atoms with E-state index in [1.54, 1.807) is 0 Å². The van der Waals surface area contributed by atoms with Gasteiger partial charge < -0.3 is 14.7 Å². The third-order valence-electron chi connectivity index (χ3n) is 8.51. The van der Waals surface area contributed by atoms with Crippen LogP contribution in [0.4, 0.5) is 5.69 Å². The normalized spacial score (nSPS) is 17.4. The number of fused-ring (bicyclic) bond motifs is 10. The molecule has 7 aromatic rings. The first kappa shape index (κ1) is 22.2. The van der Waals surface area contributed by atoms with Gasteiger partial charge in [0.1, 0.15) is 11.2 Å². The van der Waals surface area contributed by atoms with E-state index in [0.717, 1.165) is 33.2 Å². The van der Waals surface area contributed by atoms with Gasteiger partial charge in [-0.05, 0) is 71.3 Å². The molecule has 0 saturated carbocycles. The van der Waals surface area contributed by atoms with Crippen molar-refractivity contribution >= 4 is 56.4 Å². The number of nitrogen functional groups attached to an aromatic ring is 1. The van der Waals surface area contributed by atoms with Crippen LogP contribution < -0.4 is 5.73 Å². The van der Waals surface area contributed by atoms with Gasteiger partial charge in [0, 0.05) is 43.5 Å². The van der Waals surface area contributed by atoms with E-state index in [4.69, 9.17) is 10.2 Å². The van der Waals surface area contributed by atoms with E-state index in [1.807, 2.05) is 30.0 Å². The maximum Gasteiger partial charge on any atom is 0.135 e. The quantitative estimate of drug-likeness (QED) is 0.225. The molecule has 2 N–H and O–H groups in total. The second-order valence-electron chi connectivity index (χ2n) is 10.7. The van der Waals surface area contributed by atoms with Crippen LogP contribution in [-0.2, 0) is 0 Å². The number of nitrogens with zero attached hydrogens (tertiary/aromatic N) is 1. The van der Waals surface area contributed by atoms with Crippen molar-refractivity contribution in [3.63, 3.8) is 0 Å². The second-order valence-corrected chi connectivity index (χ2v) is 11.9. The highest BCUT2D eigenvalue weighted by Gasteiger charge is 2.38. The number of benzene rings is 5. The molecular weight excluding hydrogens is 508 g/mol. The molecule has 2 aromatic heterocycles. The molecule has 5 aromatic carbocycles. The Balaban J connectivity index is 1.28. The Morgan fingerprint density at radius 3 is 2.45 bits per heavy atom. The van der Waals surface area contributed by atoms with E-state index in [0.29, 0.717) is 11.2 Å². The van der Waals surface area contributed by atoms with E-state index in [-0.39, 0.29) is 0 Å². The van der Waals surface area contributed by atoms with Crippen LogP contribution in [0.2, 0.25) is 0 Å². The number of hydrogen-bond acceptors (Lipinski definition) is 3. The van der Waals surface area contributed by atoms with Gasteiger partial charge in [0.25, 0.3) is 0 Å². The van der Waals surface area contributed by atoms with Crippen molar-refractivity contribution in [3.05, 3.63) is 132 Å². The van der Waals surface area contributed by atoms with Crippen LogP contribution in [0, 0.1) is 0 Å². The summed E-state index contributed by atoms with van der Waals surface area (Å²) < 4.78 is 8.59. The van der Waals surface area contributed by atoms with Gasteiger partial charge in [-0.2, -0.15) is 0 Å². The highest BCUT2D eigenvalue weighted by Crippen LogP contribution is 2.59. The maximum absolute atomic E-state index is 6.14. The molecule has 0 radical (unpaired) electrons. The summed E-state index contributed by atoms with van der Waals surface area (Å²) in [7, 11) is 0. The van der Waals surface area contributed by atoms with Gasteiger partial charge in [-0.3, -0.25) is 0 Å². The first-order valence-corrected chi connectivity index (χ1v) is 14.5. The molecule has 2 aliphatic rings. The highest BCUT2D eigenvalue weighted by molar-refractivity contribution is 8.00. The van der Waals surface area contributed by atoms with Gasteiger partial charge in [-0.25, -0.2) is 0 Å². The molecule has 2 unspecified atom stereocenters. The lowest BCUT2D eigenvalue weighted by molar-refractivity contribution is 0.669. The van der Waals surface area contributed by atoms with Crippen LogP contribution in [-0.4, -0.2) is 4.57 Å². The summed E-state index contributed by atoms with van der Waals surface area (Å²) in [4.78, 5) is 1.40. The molecule has 0 saturated heterocycles. The predicted octanol–water partition coefficient (Wildman–Crippen LogP) is 9.74. The van der Waals surface area contributed by atoms with Gasteiger partial charge in [-0.15, -0.1) is 11.8 Å². The summed E-state index contributed by atoms with van der Waals surface area (Å²) in [6.45, 7) is 0. The summed E-state index contributed by atoms with van der Waals surface area (Å²) in [5, 5.41) is 3.83. The average molecular weight is 533 g/mol. The Hall–Kier alpha value is -4.67. The summed E-state index contributed by atoms with van der Waals surface area (Å²) in [6, 6.07) is 38.8. The number of rotatable bonds is 2. The number of furan rings is 1. The molecule has 1 aliphatic heterocycles. The van der Waals surface area contributed by atoms with Crippen LogP contribution in [0.25, 0.3) is 55.7 Å². The Bertz CT molecular complexity index is 2180. The molecule has 3 heterocycles. The first-order valence-electron chi connectivity index (χ1n) is 13.6. The SMILES string of the molecule is Nc1ccc2oc3ccc(-c4ccccc4-n4c5c(c6ccccc64)C4Sc6ccccc6C4C=C5)cc3c2c1. The van der Waals surface area contributed by atoms with Crippen molar-refractivity contribution < 1.29 is 4.42 Å². The van der Waals surface area contributed by atoms with E-state index in [1.165, 1.54) is 43.9 Å². The molecule has 0 fully saturated rings. The zero-order chi connectivity index (χ0) is 26.4. The van der Waals surface area contributed by atoms with E-state index >= 15 is 0 Å². The van der Waals surface area contributed by atoms with Crippen molar-refractivity contribution in [2.45, 2.75) is 16.1 Å². The first-order chi connectivity index (χ1) is 19.7. The molecule has 190 valence electrons. The Labute approximate surface area is 235 Å². The third kappa shape index (κ3) is 3.02. The molecule has 4 heteroatoms. The van der Waals surface area contributed by atoms with Crippen molar-refractivity contribution in [1.82, 2.24) is 4.57 Å². The van der Waals surface area contributed by atoms with Crippen LogP contribution >= 0.6 is 11.8 Å². The van der Waals surface area contributed by atoms with Crippen molar-refractivity contribution in [2.24, 2.45) is 0 Å². The number of hydrogen-bond donors (Lipinski definition) is 1. The molecule has 9 rings (SSSR count). The standard InChI is InChI=1S/C36H24N2OS/c37-22-14-18-33-28(20-22)27-19-21(13-17-32(27)39-33)23-7-1-4-10-29(23)38-30-11-5-2-9-26(30)35-31(38)16-15-25-24-8-3-6-12-34(24)40-36(25)35/h1-20,25,36H,37H2. The lowest BCUT2D eigenvalue weighted by Crippen LogP contribution is -2.08. The van der Waals surface area contributed by atoms with Crippen molar-refractivity contribution in [1.29, 1.82) is 0 Å². The Morgan fingerprint density at radius 2 is 1.50 bits per heavy atom. The van der Waals surface area contributed by atoms with Gasteiger partial charge >= 0.3 is 0 Å². The molecule has 0 spiro atoms. The van der Waals surface area contributed by atoms with Gasteiger partial charge in [-0.1, -0.05) is 66.7 Å². The van der Waals surface area contributed by atoms with E-state index < -0.39 is 0 Å². The lowest BCUT2D eigenvalue weighted by atomic mass is 9.86. The minimum absolute atomic E-state index is 0.370. The molecule has 3 nitrogen and oxygen atoms in total. The van der Waals surface area contributed by atoms with Crippen LogP contribution in [0.15, 0.2) is 125 Å². The fraction of sp³-hybridized carbons (Fsp3) is 0.0556. The predicted molar refractivity (Wildman–Crippen MR) is 167 cm³/mol. The van der Waals surface area contributed by atoms with Crippen molar-refractivity contribution in [3.8, 4) is 16.8 Å². The number of anilines is 1. The van der Waals surface area contributed by atoms with Gasteiger partial charge in [0.2, 0.25) is 0 Å². The largest absolute Gasteiger partial charge is 0.456 e. The van der Waals surface area contributed by atoms with Crippen LogP contribution in [0.3, 0.4) is 0 Å². The Morgan fingerprint density at radius 1 is 0.725 bits per heavy atom. The molecular formula is C36H24N2OS. The van der Waals surface area contributed by atoms with E-state index in [2.05, 4.69) is 108 Å². The Kier molecular flexibility index (Phi) is 4.53.